The molecule has 0 unspecified atom stereocenters. The summed E-state index contributed by atoms with van der Waals surface area (Å²) in [5.41, 5.74) is 3.42. The molecule has 0 saturated heterocycles. The fraction of sp³-hybridized carbons (Fsp3) is 0.333. The Hall–Kier alpha value is -1.74. The average molecular weight is 459 g/mol. The van der Waals surface area contributed by atoms with Gasteiger partial charge in [0.25, 0.3) is 0 Å². The summed E-state index contributed by atoms with van der Waals surface area (Å²) >= 11 is 6.87. The molecule has 2 aromatic rings. The van der Waals surface area contributed by atoms with E-state index in [9.17, 15) is 4.79 Å². The van der Waals surface area contributed by atoms with Crippen LogP contribution in [0.15, 0.2) is 31.0 Å². The number of hydrogen-bond acceptors (Lipinski definition) is 6. The second kappa shape index (κ2) is 7.43. The predicted octanol–water partition coefficient (Wildman–Crippen LogP) is 3.44. The SMILES string of the molecule is COc1c(Br)cc(/C=N/Nc2nc(=O)[nH]nc2C(C)(C)C)cc1Br. The van der Waals surface area contributed by atoms with Crippen molar-refractivity contribution in [3.05, 3.63) is 42.8 Å². The Balaban J connectivity index is 2.27. The summed E-state index contributed by atoms with van der Waals surface area (Å²) in [5, 5.41) is 10.6. The van der Waals surface area contributed by atoms with Gasteiger partial charge in [-0.3, -0.25) is 5.43 Å². The molecule has 2 rings (SSSR count). The zero-order valence-corrected chi connectivity index (χ0v) is 16.8. The van der Waals surface area contributed by atoms with Crippen LogP contribution in [0.3, 0.4) is 0 Å². The number of nitrogens with one attached hydrogen (secondary N) is 2. The number of hydrogen-bond donors (Lipinski definition) is 2. The zero-order chi connectivity index (χ0) is 17.9. The molecule has 1 aromatic heterocycles. The van der Waals surface area contributed by atoms with Gasteiger partial charge < -0.3 is 4.74 Å². The van der Waals surface area contributed by atoms with Gasteiger partial charge in [0.1, 0.15) is 11.4 Å². The Morgan fingerprint density at radius 1 is 1.29 bits per heavy atom. The number of rotatable bonds is 4. The van der Waals surface area contributed by atoms with Crippen LogP contribution in [0.5, 0.6) is 5.75 Å². The molecule has 0 amide bonds. The Kier molecular flexibility index (Phi) is 5.76. The van der Waals surface area contributed by atoms with Crippen LogP contribution in [0.2, 0.25) is 0 Å². The number of methoxy groups -OCH3 is 1. The van der Waals surface area contributed by atoms with Gasteiger partial charge in [0.05, 0.1) is 22.3 Å². The second-order valence-electron chi connectivity index (χ2n) is 5.98. The highest BCUT2D eigenvalue weighted by Crippen LogP contribution is 2.34. The molecule has 128 valence electrons. The first-order valence-electron chi connectivity index (χ1n) is 7.01. The van der Waals surface area contributed by atoms with Crippen molar-refractivity contribution in [1.29, 1.82) is 0 Å². The maximum Gasteiger partial charge on any atom is 0.363 e. The Bertz CT molecular complexity index is 804. The highest BCUT2D eigenvalue weighted by atomic mass is 79.9. The van der Waals surface area contributed by atoms with E-state index in [0.29, 0.717) is 17.3 Å². The predicted molar refractivity (Wildman–Crippen MR) is 101 cm³/mol. The molecule has 7 nitrogen and oxygen atoms in total. The smallest absolute Gasteiger partial charge is 0.363 e. The monoisotopic (exact) mass is 457 g/mol. The van der Waals surface area contributed by atoms with E-state index in [1.807, 2.05) is 32.9 Å². The molecule has 24 heavy (non-hydrogen) atoms. The van der Waals surface area contributed by atoms with Gasteiger partial charge in [0.15, 0.2) is 5.82 Å². The second-order valence-corrected chi connectivity index (χ2v) is 7.68. The van der Waals surface area contributed by atoms with Gasteiger partial charge in [0.2, 0.25) is 0 Å². The summed E-state index contributed by atoms with van der Waals surface area (Å²) in [6, 6.07) is 3.73. The first-order valence-corrected chi connectivity index (χ1v) is 8.60. The molecule has 0 aliphatic heterocycles. The first kappa shape index (κ1) is 18.6. The van der Waals surface area contributed by atoms with E-state index in [4.69, 9.17) is 4.74 Å². The van der Waals surface area contributed by atoms with E-state index in [-0.39, 0.29) is 5.41 Å². The maximum atomic E-state index is 11.4. The van der Waals surface area contributed by atoms with Gasteiger partial charge >= 0.3 is 5.69 Å². The molecule has 1 aromatic carbocycles. The van der Waals surface area contributed by atoms with Crippen LogP contribution in [-0.2, 0) is 5.41 Å². The molecule has 9 heteroatoms. The normalized spacial score (nSPS) is 11.8. The third kappa shape index (κ3) is 4.41. The van der Waals surface area contributed by atoms with E-state index in [2.05, 4.69) is 57.6 Å². The summed E-state index contributed by atoms with van der Waals surface area (Å²) in [7, 11) is 1.60. The number of ether oxygens (including phenoxy) is 1. The van der Waals surface area contributed by atoms with Crippen LogP contribution in [0, 0.1) is 0 Å². The molecule has 0 fully saturated rings. The van der Waals surface area contributed by atoms with E-state index >= 15 is 0 Å². The number of aromatic nitrogens is 3. The van der Waals surface area contributed by atoms with Crippen molar-refractivity contribution in [3.8, 4) is 5.75 Å². The lowest BCUT2D eigenvalue weighted by atomic mass is 9.92. The molecule has 0 bridgehead atoms. The van der Waals surface area contributed by atoms with Crippen molar-refractivity contribution in [1.82, 2.24) is 15.2 Å². The topological polar surface area (TPSA) is 92.3 Å². The summed E-state index contributed by atoms with van der Waals surface area (Å²) in [6.45, 7) is 5.92. The number of nitrogens with zero attached hydrogens (tertiary/aromatic N) is 3. The highest BCUT2D eigenvalue weighted by Gasteiger charge is 2.21. The van der Waals surface area contributed by atoms with Crippen LogP contribution in [0.25, 0.3) is 0 Å². The fourth-order valence-electron chi connectivity index (χ4n) is 1.95. The van der Waals surface area contributed by atoms with Crippen molar-refractivity contribution in [3.63, 3.8) is 0 Å². The molecule has 1 heterocycles. The summed E-state index contributed by atoms with van der Waals surface area (Å²) in [6.07, 6.45) is 1.62. The third-order valence-electron chi connectivity index (χ3n) is 3.02. The van der Waals surface area contributed by atoms with Gasteiger partial charge in [-0.25, -0.2) is 9.89 Å². The van der Waals surface area contributed by atoms with E-state index in [0.717, 1.165) is 14.5 Å². The minimum absolute atomic E-state index is 0.290. The van der Waals surface area contributed by atoms with Gasteiger partial charge in [-0.15, -0.1) is 0 Å². The van der Waals surface area contributed by atoms with Crippen LogP contribution >= 0.6 is 31.9 Å². The largest absolute Gasteiger partial charge is 0.494 e. The molecule has 0 spiro atoms. The van der Waals surface area contributed by atoms with Gasteiger partial charge in [0, 0.05) is 5.41 Å². The van der Waals surface area contributed by atoms with Crippen molar-refractivity contribution < 1.29 is 4.74 Å². The van der Waals surface area contributed by atoms with Gasteiger partial charge in [-0.1, -0.05) is 20.8 Å². The minimum atomic E-state index is -0.532. The number of halogens is 2. The molecule has 0 saturated carbocycles. The molecule has 0 aliphatic carbocycles. The zero-order valence-electron chi connectivity index (χ0n) is 13.6. The van der Waals surface area contributed by atoms with Crippen molar-refractivity contribution >= 4 is 43.9 Å². The lowest BCUT2D eigenvalue weighted by Gasteiger charge is -2.18. The fourth-order valence-corrected chi connectivity index (χ4v) is 3.50. The number of hydrazone groups is 1. The Morgan fingerprint density at radius 2 is 1.92 bits per heavy atom. The summed E-state index contributed by atoms with van der Waals surface area (Å²) in [5.74, 6) is 1.03. The summed E-state index contributed by atoms with van der Waals surface area (Å²) < 4.78 is 6.86. The number of H-pyrrole nitrogens is 1. The quantitative estimate of drug-likeness (QED) is 0.540. The van der Waals surface area contributed by atoms with E-state index in [1.54, 1.807) is 13.3 Å². The van der Waals surface area contributed by atoms with E-state index < -0.39 is 5.69 Å². The Morgan fingerprint density at radius 3 is 2.46 bits per heavy atom. The lowest BCUT2D eigenvalue weighted by molar-refractivity contribution is 0.409. The van der Waals surface area contributed by atoms with Crippen molar-refractivity contribution in [2.75, 3.05) is 12.5 Å². The number of aromatic amines is 1. The van der Waals surface area contributed by atoms with Crippen LogP contribution < -0.4 is 15.9 Å². The Labute approximate surface area is 156 Å². The van der Waals surface area contributed by atoms with Crippen LogP contribution in [0.1, 0.15) is 32.0 Å². The molecular formula is C15H17Br2N5O2. The van der Waals surface area contributed by atoms with Crippen LogP contribution in [-0.4, -0.2) is 28.5 Å². The summed E-state index contributed by atoms with van der Waals surface area (Å²) in [4.78, 5) is 15.3. The lowest BCUT2D eigenvalue weighted by Crippen LogP contribution is -2.24. The van der Waals surface area contributed by atoms with E-state index in [1.165, 1.54) is 0 Å². The first-order chi connectivity index (χ1) is 11.2. The molecule has 2 N–H and O–H groups in total. The molecule has 0 aliphatic rings. The molecule has 0 radical (unpaired) electrons. The number of anilines is 1. The highest BCUT2D eigenvalue weighted by molar-refractivity contribution is 9.11. The molecule has 0 atom stereocenters. The maximum absolute atomic E-state index is 11.4. The average Bonchev–Trinajstić information content (AvgIpc) is 2.45. The van der Waals surface area contributed by atoms with Crippen molar-refractivity contribution in [2.45, 2.75) is 26.2 Å². The standard InChI is InChI=1S/C15H17Br2N5O2/c1-15(2,3)12-13(19-14(23)22-20-12)21-18-7-8-5-9(16)11(24-4)10(17)6-8/h5-7H,1-4H3,(H2,19,21,22,23)/b18-7+. The molecular weight excluding hydrogens is 442 g/mol. The minimum Gasteiger partial charge on any atom is -0.494 e. The third-order valence-corrected chi connectivity index (χ3v) is 4.20. The number of benzene rings is 1. The van der Waals surface area contributed by atoms with Gasteiger partial charge in [-0.05, 0) is 49.6 Å². The van der Waals surface area contributed by atoms with Crippen LogP contribution in [0.4, 0.5) is 5.82 Å². The van der Waals surface area contributed by atoms with Crippen molar-refractivity contribution in [2.24, 2.45) is 5.10 Å². The van der Waals surface area contributed by atoms with Gasteiger partial charge in [-0.2, -0.15) is 15.2 Å².